The van der Waals surface area contributed by atoms with Gasteiger partial charge >= 0.3 is 0 Å². The van der Waals surface area contributed by atoms with E-state index in [0.29, 0.717) is 17.4 Å². The molecule has 0 aliphatic heterocycles. The molecule has 1 amide bonds. The van der Waals surface area contributed by atoms with Gasteiger partial charge in [-0.05, 0) is 89.9 Å². The van der Waals surface area contributed by atoms with E-state index in [-0.39, 0.29) is 12.5 Å². The largest absolute Gasteiger partial charge is 0.756 e. The van der Waals surface area contributed by atoms with Crippen LogP contribution in [0.4, 0.5) is 0 Å². The number of carbonyl (C=O) groups is 1. The third-order valence-electron chi connectivity index (χ3n) is 10.7. The van der Waals surface area contributed by atoms with Gasteiger partial charge in [0.15, 0.2) is 0 Å². The predicted octanol–water partition coefficient (Wildman–Crippen LogP) is 14.6. The van der Waals surface area contributed by atoms with Crippen LogP contribution >= 0.6 is 7.82 Å². The van der Waals surface area contributed by atoms with E-state index in [1.807, 2.05) is 27.2 Å². The first kappa shape index (κ1) is 62.2. The Bertz CT molecular complexity index is 1420. The van der Waals surface area contributed by atoms with Gasteiger partial charge in [0.1, 0.15) is 13.2 Å². The van der Waals surface area contributed by atoms with Crippen LogP contribution in [-0.2, 0) is 18.4 Å². The summed E-state index contributed by atoms with van der Waals surface area (Å²) in [4.78, 5) is 25.4. The van der Waals surface area contributed by atoms with Crippen molar-refractivity contribution in [3.63, 3.8) is 0 Å². The van der Waals surface area contributed by atoms with Gasteiger partial charge < -0.3 is 28.8 Å². The number of allylic oxidation sites excluding steroid dienone is 17. The number of nitrogens with one attached hydrogen (secondary N) is 1. The molecule has 0 aliphatic carbocycles. The SMILES string of the molecule is CC/C=C\C/C=C\C/C=C\C/C=C\C/C=C\C/C=C\C/C=C\CCCCCCCCCCCC(=O)NC(COP(=O)([O-])OCC[N+](C)(C)C)C(O)/C=C/CC/C=C/CCCCCCCC. The highest BCUT2D eigenvalue weighted by molar-refractivity contribution is 7.45. The molecule has 0 saturated carbocycles. The molecule has 3 unspecified atom stereocenters. The summed E-state index contributed by atoms with van der Waals surface area (Å²) in [5.74, 6) is -0.221. The molecule has 0 fully saturated rings. The number of hydrogen-bond donors (Lipinski definition) is 2. The molecule has 65 heavy (non-hydrogen) atoms. The zero-order valence-corrected chi connectivity index (χ0v) is 43.0. The van der Waals surface area contributed by atoms with Crippen molar-refractivity contribution in [2.24, 2.45) is 0 Å². The molecule has 0 spiro atoms. The number of rotatable bonds is 45. The molecule has 0 aliphatic rings. The third-order valence-corrected chi connectivity index (χ3v) is 11.7. The minimum Gasteiger partial charge on any atom is -0.756 e. The number of quaternary nitrogens is 1. The summed E-state index contributed by atoms with van der Waals surface area (Å²) in [5.41, 5.74) is 0. The molecule has 8 nitrogen and oxygen atoms in total. The lowest BCUT2D eigenvalue weighted by molar-refractivity contribution is -0.870. The molecule has 0 aromatic heterocycles. The number of aliphatic hydroxyl groups is 1. The molecule has 0 heterocycles. The number of unbranched alkanes of at least 4 members (excludes halogenated alkanes) is 16. The van der Waals surface area contributed by atoms with Gasteiger partial charge in [0.25, 0.3) is 7.82 Å². The fraction of sp³-hybridized carbons (Fsp3) is 0.661. The summed E-state index contributed by atoms with van der Waals surface area (Å²) in [7, 11) is 1.22. The fourth-order valence-corrected chi connectivity index (χ4v) is 7.40. The van der Waals surface area contributed by atoms with Crippen LogP contribution in [0.15, 0.2) is 109 Å². The summed E-state index contributed by atoms with van der Waals surface area (Å²) in [5, 5.41) is 13.8. The lowest BCUT2D eigenvalue weighted by Crippen LogP contribution is -2.45. The monoisotopic (exact) mass is 925 g/mol. The second kappa shape index (κ2) is 46.3. The standard InChI is InChI=1S/C56H97N2O6P/c1-6-8-10-12-14-16-18-20-21-22-23-24-25-26-27-28-29-30-31-32-33-34-35-36-37-38-40-42-44-46-48-50-56(60)57-54(53-64-65(61,62)63-52-51-58(3,4)5)55(59)49-47-45-43-41-39-19-17-15-13-11-9-7-2/h8,10,14,16,20-21,23-24,26-27,29-30,32-33,39,41,47,49,54-55,59H,6-7,9,11-13,15,17-19,22,25,28,31,34-38,40,42-46,48,50-53H2,1-5H3,(H-,57,60,61,62)/b10-8-,16-14-,21-20-,24-23-,27-26-,30-29-,33-32-,41-39+,49-47+. The topological polar surface area (TPSA) is 108 Å². The second-order valence-corrected chi connectivity index (χ2v) is 19.5. The minimum absolute atomic E-state index is 0.0133. The lowest BCUT2D eigenvalue weighted by atomic mass is 10.1. The average Bonchev–Trinajstić information content (AvgIpc) is 3.26. The molecule has 0 bridgehead atoms. The first-order valence-corrected chi connectivity index (χ1v) is 27.2. The Hall–Kier alpha value is -2.84. The Labute approximate surface area is 400 Å². The van der Waals surface area contributed by atoms with Crippen molar-refractivity contribution < 1.29 is 32.9 Å². The van der Waals surface area contributed by atoms with E-state index in [1.165, 1.54) is 70.6 Å². The van der Waals surface area contributed by atoms with Crippen LogP contribution in [0.5, 0.6) is 0 Å². The van der Waals surface area contributed by atoms with E-state index in [2.05, 4.69) is 116 Å². The van der Waals surface area contributed by atoms with Crippen LogP contribution in [0, 0.1) is 0 Å². The van der Waals surface area contributed by atoms with Gasteiger partial charge in [-0.25, -0.2) is 0 Å². The fourth-order valence-electron chi connectivity index (χ4n) is 6.68. The lowest BCUT2D eigenvalue weighted by Gasteiger charge is -2.29. The quantitative estimate of drug-likeness (QED) is 0.0273. The number of aliphatic hydroxyl groups excluding tert-OH is 1. The van der Waals surface area contributed by atoms with Crippen molar-refractivity contribution in [1.29, 1.82) is 0 Å². The van der Waals surface area contributed by atoms with E-state index in [9.17, 15) is 19.4 Å². The Morgan fingerprint density at radius 2 is 0.954 bits per heavy atom. The highest BCUT2D eigenvalue weighted by atomic mass is 31.2. The van der Waals surface area contributed by atoms with Gasteiger partial charge in [-0.2, -0.15) is 0 Å². The molecule has 2 N–H and O–H groups in total. The molecule has 372 valence electrons. The van der Waals surface area contributed by atoms with Crippen LogP contribution in [0.1, 0.15) is 187 Å². The van der Waals surface area contributed by atoms with Crippen LogP contribution < -0.4 is 10.2 Å². The Morgan fingerprint density at radius 3 is 1.43 bits per heavy atom. The first-order valence-electron chi connectivity index (χ1n) is 25.7. The van der Waals surface area contributed by atoms with Crippen molar-refractivity contribution in [3.8, 4) is 0 Å². The Kier molecular flexibility index (Phi) is 44.3. The maximum Gasteiger partial charge on any atom is 0.268 e. The van der Waals surface area contributed by atoms with Gasteiger partial charge in [0, 0.05) is 6.42 Å². The smallest absolute Gasteiger partial charge is 0.268 e. The third kappa shape index (κ3) is 48.9. The maximum absolute atomic E-state index is 12.9. The highest BCUT2D eigenvalue weighted by Gasteiger charge is 2.23. The van der Waals surface area contributed by atoms with E-state index >= 15 is 0 Å². The Morgan fingerprint density at radius 1 is 0.554 bits per heavy atom. The van der Waals surface area contributed by atoms with Gasteiger partial charge in [0.05, 0.1) is 39.9 Å². The first-order chi connectivity index (χ1) is 31.5. The van der Waals surface area contributed by atoms with E-state index in [1.54, 1.807) is 6.08 Å². The number of phosphoric ester groups is 1. The number of likely N-dealkylation sites (N-methyl/N-ethyl adjacent to an activating group) is 1. The van der Waals surface area contributed by atoms with Gasteiger partial charge in [0.2, 0.25) is 5.91 Å². The molecule has 9 heteroatoms. The summed E-state index contributed by atoms with van der Waals surface area (Å²) in [6.45, 7) is 4.46. The zero-order chi connectivity index (χ0) is 47.8. The molecule has 0 aromatic carbocycles. The highest BCUT2D eigenvalue weighted by Crippen LogP contribution is 2.38. The van der Waals surface area contributed by atoms with E-state index < -0.39 is 26.6 Å². The van der Waals surface area contributed by atoms with Crippen LogP contribution in [0.25, 0.3) is 0 Å². The number of nitrogens with zero attached hydrogens (tertiary/aromatic N) is 1. The number of amides is 1. The normalized spacial score (nSPS) is 15.0. The molecular formula is C56H97N2O6P. The van der Waals surface area contributed by atoms with Crippen LogP contribution in [0.2, 0.25) is 0 Å². The van der Waals surface area contributed by atoms with Gasteiger partial charge in [-0.1, -0.05) is 200 Å². The molecular weight excluding hydrogens is 828 g/mol. The molecule has 0 radical (unpaired) electrons. The summed E-state index contributed by atoms with van der Waals surface area (Å²) in [6, 6.07) is -0.913. The maximum atomic E-state index is 12.9. The summed E-state index contributed by atoms with van der Waals surface area (Å²) >= 11 is 0. The number of phosphoric acid groups is 1. The van der Waals surface area contributed by atoms with Gasteiger partial charge in [-0.15, -0.1) is 0 Å². The van der Waals surface area contributed by atoms with Crippen molar-refractivity contribution in [1.82, 2.24) is 5.32 Å². The van der Waals surface area contributed by atoms with Crippen molar-refractivity contribution in [2.45, 2.75) is 199 Å². The molecule has 0 aromatic rings. The van der Waals surface area contributed by atoms with Crippen LogP contribution in [-0.4, -0.2) is 68.5 Å². The van der Waals surface area contributed by atoms with Gasteiger partial charge in [-0.3, -0.25) is 9.36 Å². The van der Waals surface area contributed by atoms with Crippen LogP contribution in [0.3, 0.4) is 0 Å². The predicted molar refractivity (Wildman–Crippen MR) is 279 cm³/mol. The second-order valence-electron chi connectivity index (χ2n) is 18.1. The molecule has 0 rings (SSSR count). The summed E-state index contributed by atoms with van der Waals surface area (Å²) in [6.07, 6.45) is 67.3. The molecule has 3 atom stereocenters. The molecule has 0 saturated heterocycles. The van der Waals surface area contributed by atoms with E-state index in [4.69, 9.17) is 9.05 Å². The summed E-state index contributed by atoms with van der Waals surface area (Å²) < 4.78 is 23.2. The number of carbonyl (C=O) groups excluding carboxylic acids is 1. The average molecular weight is 925 g/mol. The van der Waals surface area contributed by atoms with E-state index in [0.717, 1.165) is 96.3 Å². The van der Waals surface area contributed by atoms with Crippen molar-refractivity contribution >= 4 is 13.7 Å². The van der Waals surface area contributed by atoms with Crippen molar-refractivity contribution in [3.05, 3.63) is 109 Å². The number of hydrogen-bond acceptors (Lipinski definition) is 6. The minimum atomic E-state index is -4.61. The Balaban J connectivity index is 4.23. The van der Waals surface area contributed by atoms with Crippen molar-refractivity contribution in [2.75, 3.05) is 40.9 Å². The zero-order valence-electron chi connectivity index (χ0n) is 42.1.